The van der Waals surface area contributed by atoms with Crippen LogP contribution < -0.4 is 10.2 Å². The van der Waals surface area contributed by atoms with Crippen molar-refractivity contribution in [3.05, 3.63) is 22.2 Å². The van der Waals surface area contributed by atoms with Crippen LogP contribution in [0, 0.1) is 6.92 Å². The van der Waals surface area contributed by atoms with E-state index in [1.807, 2.05) is 6.92 Å². The molecule has 1 heterocycles. The van der Waals surface area contributed by atoms with E-state index in [2.05, 4.69) is 0 Å². The molecule has 90 valence electrons. The summed E-state index contributed by atoms with van der Waals surface area (Å²) >= 11 is 6.13. The Balaban J connectivity index is 2.39. The number of hydrogen-bond acceptors (Lipinski definition) is 4. The Bertz CT molecular complexity index is 475. The maximum absolute atomic E-state index is 10.9. The first-order valence-electron chi connectivity index (χ1n) is 5.24. The molecule has 6 heteroatoms. The molecule has 0 fully saturated rings. The van der Waals surface area contributed by atoms with E-state index in [4.69, 9.17) is 21.0 Å². The molecule has 1 aliphatic heterocycles. The minimum Gasteiger partial charge on any atom is -0.484 e. The van der Waals surface area contributed by atoms with Crippen LogP contribution in [0.4, 0.5) is 0 Å². The second kappa shape index (κ2) is 4.68. The van der Waals surface area contributed by atoms with Crippen LogP contribution in [-0.2, 0) is 16.1 Å². The molecule has 0 bridgehead atoms. The van der Waals surface area contributed by atoms with Crippen molar-refractivity contribution in [2.75, 3.05) is 6.61 Å². The Labute approximate surface area is 105 Å². The summed E-state index contributed by atoms with van der Waals surface area (Å²) in [5.74, 6) is 0.318. The lowest BCUT2D eigenvalue weighted by molar-refractivity contribution is -0.118. The highest BCUT2D eigenvalue weighted by Crippen LogP contribution is 2.29. The quantitative estimate of drug-likeness (QED) is 0.812. The first-order valence-corrected chi connectivity index (χ1v) is 5.62. The van der Waals surface area contributed by atoms with Gasteiger partial charge in [-0.2, -0.15) is 0 Å². The second-order valence-electron chi connectivity index (χ2n) is 4.05. The molecule has 1 aliphatic rings. The summed E-state index contributed by atoms with van der Waals surface area (Å²) in [6.45, 7) is 3.63. The predicted octanol–water partition coefficient (Wildman–Crippen LogP) is 0.834. The second-order valence-corrected chi connectivity index (χ2v) is 4.43. The number of aryl methyl sites for hydroxylation is 1. The molecule has 1 aromatic rings. The zero-order chi connectivity index (χ0) is 12.6. The molecule has 0 atom stereocenters. The minimum atomic E-state index is -1.02. The van der Waals surface area contributed by atoms with Gasteiger partial charge in [-0.15, -0.1) is 0 Å². The fourth-order valence-electron chi connectivity index (χ4n) is 1.80. The first kappa shape index (κ1) is 12.4. The maximum atomic E-state index is 10.9. The molecule has 0 aromatic heterocycles. The summed E-state index contributed by atoms with van der Waals surface area (Å²) in [5, 5.41) is 9.98. The lowest BCUT2D eigenvalue weighted by Gasteiger charge is -2.12. The van der Waals surface area contributed by atoms with Crippen LogP contribution in [0.3, 0.4) is 0 Å². The number of fused-ring (bicyclic) bond motifs is 1. The van der Waals surface area contributed by atoms with Gasteiger partial charge in [0, 0.05) is 5.46 Å². The van der Waals surface area contributed by atoms with Crippen molar-refractivity contribution in [2.24, 2.45) is 0 Å². The zero-order valence-corrected chi connectivity index (χ0v) is 10.4. The van der Waals surface area contributed by atoms with E-state index in [9.17, 15) is 9.82 Å². The van der Waals surface area contributed by atoms with Gasteiger partial charge in [0.25, 0.3) is 0 Å². The molecule has 0 saturated heterocycles. The van der Waals surface area contributed by atoms with Crippen LogP contribution in [0.25, 0.3) is 0 Å². The number of carbonyl (C=O) groups excluding carboxylic acids is 1. The highest BCUT2D eigenvalue weighted by Gasteiger charge is 2.33. The lowest BCUT2D eigenvalue weighted by atomic mass is 9.78. The van der Waals surface area contributed by atoms with Gasteiger partial charge in [0.2, 0.25) is 0 Å². The highest BCUT2D eigenvalue weighted by atomic mass is 35.5. The van der Waals surface area contributed by atoms with Crippen molar-refractivity contribution in [1.29, 1.82) is 0 Å². The van der Waals surface area contributed by atoms with Crippen LogP contribution in [0.2, 0.25) is 5.02 Å². The Morgan fingerprint density at radius 3 is 3.06 bits per heavy atom. The summed E-state index contributed by atoms with van der Waals surface area (Å²) in [4.78, 5) is 10.9. The number of benzene rings is 1. The predicted molar refractivity (Wildman–Crippen MR) is 64.8 cm³/mol. The molecule has 0 radical (unpaired) electrons. The molecule has 0 spiro atoms. The number of Topliss-reactive ketones (excluding diaryl/α,β-unsaturated/α-hetero) is 1. The first-order chi connectivity index (χ1) is 8.00. The van der Waals surface area contributed by atoms with E-state index in [0.717, 1.165) is 11.1 Å². The molecule has 1 aromatic carbocycles. The van der Waals surface area contributed by atoms with Gasteiger partial charge >= 0.3 is 7.12 Å². The summed E-state index contributed by atoms with van der Waals surface area (Å²) < 4.78 is 10.4. The molecule has 2 rings (SSSR count). The third-order valence-electron chi connectivity index (χ3n) is 2.66. The minimum absolute atomic E-state index is 0.0328. The van der Waals surface area contributed by atoms with Crippen LogP contribution in [0.15, 0.2) is 6.07 Å². The monoisotopic (exact) mass is 254 g/mol. The normalized spacial score (nSPS) is 13.8. The topological polar surface area (TPSA) is 55.8 Å². The van der Waals surface area contributed by atoms with E-state index in [1.54, 1.807) is 6.07 Å². The third-order valence-corrected chi connectivity index (χ3v) is 3.05. The fourth-order valence-corrected chi connectivity index (χ4v) is 2.12. The van der Waals surface area contributed by atoms with Gasteiger partial charge in [-0.3, -0.25) is 4.79 Å². The molecule has 17 heavy (non-hydrogen) atoms. The van der Waals surface area contributed by atoms with E-state index in [0.29, 0.717) is 22.8 Å². The molecule has 4 nitrogen and oxygen atoms in total. The van der Waals surface area contributed by atoms with Crippen LogP contribution in [0.1, 0.15) is 18.1 Å². The average molecular weight is 254 g/mol. The van der Waals surface area contributed by atoms with Crippen molar-refractivity contribution >= 4 is 30.0 Å². The van der Waals surface area contributed by atoms with Gasteiger partial charge < -0.3 is 14.4 Å². The van der Waals surface area contributed by atoms with Crippen LogP contribution in [-0.4, -0.2) is 24.5 Å². The van der Waals surface area contributed by atoms with Crippen molar-refractivity contribution < 1.29 is 19.2 Å². The Kier molecular flexibility index (Phi) is 3.42. The van der Waals surface area contributed by atoms with Crippen molar-refractivity contribution in [2.45, 2.75) is 20.5 Å². The van der Waals surface area contributed by atoms with E-state index < -0.39 is 7.12 Å². The molecule has 0 amide bonds. The van der Waals surface area contributed by atoms with Crippen LogP contribution >= 0.6 is 11.6 Å². The average Bonchev–Trinajstić information content (AvgIpc) is 2.64. The van der Waals surface area contributed by atoms with Crippen molar-refractivity contribution in [3.63, 3.8) is 0 Å². The van der Waals surface area contributed by atoms with Gasteiger partial charge in [0.05, 0.1) is 11.6 Å². The number of halogens is 1. The van der Waals surface area contributed by atoms with Crippen molar-refractivity contribution in [1.82, 2.24) is 0 Å². The number of ether oxygens (including phenoxy) is 1. The molecule has 0 saturated carbocycles. The van der Waals surface area contributed by atoms with Gasteiger partial charge in [0.1, 0.15) is 12.4 Å². The van der Waals surface area contributed by atoms with Gasteiger partial charge in [-0.25, -0.2) is 0 Å². The number of rotatable bonds is 3. The molecular weight excluding hydrogens is 242 g/mol. The van der Waals surface area contributed by atoms with Crippen LogP contribution in [0.5, 0.6) is 5.75 Å². The summed E-state index contributed by atoms with van der Waals surface area (Å²) in [6.07, 6.45) is 0. The number of carbonyl (C=O) groups is 1. The number of hydrogen-bond donors (Lipinski definition) is 1. The Morgan fingerprint density at radius 2 is 2.41 bits per heavy atom. The Morgan fingerprint density at radius 1 is 1.71 bits per heavy atom. The van der Waals surface area contributed by atoms with Gasteiger partial charge in [-0.1, -0.05) is 11.6 Å². The fraction of sp³-hybridized carbons (Fsp3) is 0.364. The maximum Gasteiger partial charge on any atom is 0.493 e. The molecular formula is C11H12BClO4. The van der Waals surface area contributed by atoms with E-state index in [1.165, 1.54) is 6.92 Å². The molecule has 0 aliphatic carbocycles. The third kappa shape index (κ3) is 2.31. The molecule has 0 unspecified atom stereocenters. The molecule has 1 N–H and O–H groups in total. The van der Waals surface area contributed by atoms with E-state index in [-0.39, 0.29) is 12.4 Å². The lowest BCUT2D eigenvalue weighted by Crippen LogP contribution is -2.30. The number of ketones is 1. The van der Waals surface area contributed by atoms with Gasteiger partial charge in [0.15, 0.2) is 5.78 Å². The summed E-state index contributed by atoms with van der Waals surface area (Å²) in [6, 6.07) is 1.76. The standard InChI is InChI=1S/C11H12BClO4/c1-6-3-9(16-4-7(2)14)11(13)10-8(6)5-17-12(10)15/h3,15H,4-5H2,1-2H3. The highest BCUT2D eigenvalue weighted by molar-refractivity contribution is 6.65. The smallest absolute Gasteiger partial charge is 0.484 e. The largest absolute Gasteiger partial charge is 0.493 e. The van der Waals surface area contributed by atoms with Gasteiger partial charge in [-0.05, 0) is 31.0 Å². The summed E-state index contributed by atoms with van der Waals surface area (Å²) in [5.41, 5.74) is 2.36. The van der Waals surface area contributed by atoms with Crippen molar-refractivity contribution in [3.8, 4) is 5.75 Å². The SMILES string of the molecule is CC(=O)COc1cc(C)c2c(c1Cl)B(O)OC2. The summed E-state index contributed by atoms with van der Waals surface area (Å²) in [7, 11) is -1.02. The Hall–Kier alpha value is -1.04. The van der Waals surface area contributed by atoms with E-state index >= 15 is 0 Å². The zero-order valence-electron chi connectivity index (χ0n) is 9.62.